The van der Waals surface area contributed by atoms with Crippen LogP contribution in [0, 0.1) is 0 Å². The van der Waals surface area contributed by atoms with E-state index in [2.05, 4.69) is 0 Å². The fourth-order valence-corrected chi connectivity index (χ4v) is 3.45. The van der Waals surface area contributed by atoms with Crippen molar-refractivity contribution in [3.8, 4) is 0 Å². The number of carbonyl (C=O) groups excluding carboxylic acids is 4. The van der Waals surface area contributed by atoms with E-state index in [1.54, 1.807) is 6.92 Å². The number of ether oxygens (including phenoxy) is 4. The topological polar surface area (TPSA) is 105 Å². The Kier molecular flexibility index (Phi) is 8.20. The molecule has 9 heteroatoms. The van der Waals surface area contributed by atoms with Crippen molar-refractivity contribution in [2.24, 2.45) is 0 Å². The number of carbonyl (C=O) groups is 4. The van der Waals surface area contributed by atoms with Crippen LogP contribution >= 0.6 is 11.8 Å². The van der Waals surface area contributed by atoms with Gasteiger partial charge < -0.3 is 23.7 Å². The van der Waals surface area contributed by atoms with Crippen molar-refractivity contribution in [3.63, 3.8) is 0 Å². The lowest BCUT2D eigenvalue weighted by Crippen LogP contribution is -2.59. The summed E-state index contributed by atoms with van der Waals surface area (Å²) in [4.78, 5) is 44.7. The summed E-state index contributed by atoms with van der Waals surface area (Å²) in [7, 11) is 0. The van der Waals surface area contributed by atoms with Crippen LogP contribution in [-0.2, 0) is 38.1 Å². The molecule has 1 saturated heterocycles. The molecular weight excluding hydrogens is 340 g/mol. The van der Waals surface area contributed by atoms with Gasteiger partial charge in [0.15, 0.2) is 18.3 Å². The van der Waals surface area contributed by atoms with E-state index < -0.39 is 47.8 Å². The maximum absolute atomic E-state index is 11.5. The van der Waals surface area contributed by atoms with Crippen LogP contribution in [0.1, 0.15) is 34.1 Å². The molecule has 0 aliphatic carbocycles. The van der Waals surface area contributed by atoms with Gasteiger partial charge in [0.2, 0.25) is 0 Å². The number of aldehydes is 1. The summed E-state index contributed by atoms with van der Waals surface area (Å²) in [5.41, 5.74) is -0.653. The zero-order valence-electron chi connectivity index (χ0n) is 14.1. The van der Waals surface area contributed by atoms with Crippen LogP contribution in [0.3, 0.4) is 0 Å². The van der Waals surface area contributed by atoms with Gasteiger partial charge in [-0.15, -0.1) is 11.8 Å². The predicted octanol–water partition coefficient (Wildman–Crippen LogP) is 0.848. The van der Waals surface area contributed by atoms with Crippen LogP contribution in [0.5, 0.6) is 0 Å². The lowest BCUT2D eigenvalue weighted by Gasteiger charge is -2.43. The summed E-state index contributed by atoms with van der Waals surface area (Å²) in [5, 5.41) is 0. The van der Waals surface area contributed by atoms with Crippen LogP contribution < -0.4 is 0 Å². The summed E-state index contributed by atoms with van der Waals surface area (Å²) in [5.74, 6) is -1.30. The minimum Gasteiger partial charge on any atom is -0.456 e. The highest BCUT2D eigenvalue weighted by Gasteiger charge is 2.50. The second-order valence-electron chi connectivity index (χ2n) is 5.26. The van der Waals surface area contributed by atoms with E-state index in [0.717, 1.165) is 6.29 Å². The summed E-state index contributed by atoms with van der Waals surface area (Å²) in [6.07, 6.45) is -2.36. The number of thioether (sulfide) groups is 1. The first kappa shape index (κ1) is 20.4. The molecule has 1 aliphatic heterocycles. The predicted molar refractivity (Wildman–Crippen MR) is 84.1 cm³/mol. The molecule has 0 radical (unpaired) electrons. The normalized spacial score (nSPS) is 29.4. The quantitative estimate of drug-likeness (QED) is 0.282. The van der Waals surface area contributed by atoms with Gasteiger partial charge in [-0.25, -0.2) is 0 Å². The van der Waals surface area contributed by atoms with Crippen molar-refractivity contribution in [1.82, 2.24) is 0 Å². The molecule has 8 nitrogen and oxygen atoms in total. The molecule has 0 saturated carbocycles. The summed E-state index contributed by atoms with van der Waals surface area (Å²) in [6, 6.07) is 0. The first-order chi connectivity index (χ1) is 11.3. The van der Waals surface area contributed by atoms with Gasteiger partial charge in [-0.2, -0.15) is 0 Å². The van der Waals surface area contributed by atoms with Gasteiger partial charge in [0.1, 0.15) is 11.7 Å². The largest absolute Gasteiger partial charge is 0.456 e. The van der Waals surface area contributed by atoms with E-state index in [-0.39, 0.29) is 0 Å². The minimum absolute atomic E-state index is 0.303. The molecule has 0 bridgehead atoms. The van der Waals surface area contributed by atoms with Crippen molar-refractivity contribution >= 4 is 36.0 Å². The number of hydrogen-bond donors (Lipinski definition) is 0. The van der Waals surface area contributed by atoms with Gasteiger partial charge in [-0.1, -0.05) is 0 Å². The van der Waals surface area contributed by atoms with E-state index in [1.165, 1.54) is 32.5 Å². The second kappa shape index (κ2) is 9.63. The van der Waals surface area contributed by atoms with Crippen LogP contribution in [0.2, 0.25) is 0 Å². The fraction of sp³-hybridized carbons (Fsp3) is 0.733. The molecule has 1 heterocycles. The van der Waals surface area contributed by atoms with Crippen molar-refractivity contribution in [1.29, 1.82) is 0 Å². The molecule has 0 amide bonds. The molecule has 5 atom stereocenters. The van der Waals surface area contributed by atoms with E-state index in [1.807, 2.05) is 0 Å². The molecule has 0 aromatic carbocycles. The Hall–Kier alpha value is -1.61. The van der Waals surface area contributed by atoms with Crippen LogP contribution in [0.25, 0.3) is 0 Å². The maximum Gasteiger partial charge on any atom is 0.303 e. The monoisotopic (exact) mass is 362 g/mol. The van der Waals surface area contributed by atoms with Crippen molar-refractivity contribution in [2.45, 2.75) is 64.0 Å². The average Bonchev–Trinajstić information content (AvgIpc) is 2.45. The van der Waals surface area contributed by atoms with E-state index in [0.29, 0.717) is 12.2 Å². The van der Waals surface area contributed by atoms with Gasteiger partial charge in [-0.3, -0.25) is 14.4 Å². The Morgan fingerprint density at radius 1 is 0.958 bits per heavy atom. The highest BCUT2D eigenvalue weighted by Crippen LogP contribution is 2.34. The van der Waals surface area contributed by atoms with Gasteiger partial charge >= 0.3 is 17.9 Å². The minimum atomic E-state index is -0.993. The molecule has 1 aliphatic rings. The van der Waals surface area contributed by atoms with Crippen molar-refractivity contribution in [3.05, 3.63) is 0 Å². The van der Waals surface area contributed by atoms with E-state index >= 15 is 0 Å². The Bertz CT molecular complexity index is 480. The molecule has 0 N–H and O–H groups in total. The lowest BCUT2D eigenvalue weighted by molar-refractivity contribution is -0.229. The maximum atomic E-state index is 11.5. The number of esters is 3. The van der Waals surface area contributed by atoms with Crippen molar-refractivity contribution in [2.75, 3.05) is 5.75 Å². The number of rotatable bonds is 7. The van der Waals surface area contributed by atoms with Gasteiger partial charge in [0, 0.05) is 32.9 Å². The highest BCUT2D eigenvalue weighted by atomic mass is 32.2. The Morgan fingerprint density at radius 2 is 1.46 bits per heavy atom. The molecule has 136 valence electrons. The van der Waals surface area contributed by atoms with E-state index in [9.17, 15) is 19.2 Å². The first-order valence-corrected chi connectivity index (χ1v) is 8.53. The SMILES string of the molecule is CC(=O)OC1C(C)OC(SCCC=O)C(OC(C)=O)C1OC(C)=O. The van der Waals surface area contributed by atoms with Gasteiger partial charge in [-0.05, 0) is 6.92 Å². The Labute approximate surface area is 144 Å². The van der Waals surface area contributed by atoms with Gasteiger partial charge in [0.25, 0.3) is 0 Å². The van der Waals surface area contributed by atoms with Crippen LogP contribution in [0.15, 0.2) is 0 Å². The van der Waals surface area contributed by atoms with Gasteiger partial charge in [0.05, 0.1) is 6.10 Å². The molecular formula is C15H22O8S. The van der Waals surface area contributed by atoms with Crippen LogP contribution in [0.4, 0.5) is 0 Å². The zero-order chi connectivity index (χ0) is 18.3. The third-order valence-corrected chi connectivity index (χ3v) is 4.33. The second-order valence-corrected chi connectivity index (χ2v) is 6.46. The van der Waals surface area contributed by atoms with E-state index in [4.69, 9.17) is 18.9 Å². The fourth-order valence-electron chi connectivity index (χ4n) is 2.34. The standard InChI is InChI=1S/C15H22O8S/c1-8-12(21-9(2)17)13(22-10(3)18)14(23-11(4)19)15(20-8)24-7-5-6-16/h6,8,12-15H,5,7H2,1-4H3. The molecule has 0 aromatic rings. The molecule has 0 spiro atoms. The first-order valence-electron chi connectivity index (χ1n) is 7.48. The summed E-state index contributed by atoms with van der Waals surface area (Å²) in [6.45, 7) is 5.33. The molecule has 1 rings (SSSR count). The molecule has 1 fully saturated rings. The summed E-state index contributed by atoms with van der Waals surface area (Å²) >= 11 is 1.27. The zero-order valence-corrected chi connectivity index (χ0v) is 14.9. The molecule has 5 unspecified atom stereocenters. The molecule has 0 aromatic heterocycles. The molecule has 24 heavy (non-hydrogen) atoms. The summed E-state index contributed by atoms with van der Waals surface area (Å²) < 4.78 is 21.5. The third kappa shape index (κ3) is 6.12. The van der Waals surface area contributed by atoms with Crippen LogP contribution in [-0.4, -0.2) is 59.8 Å². The van der Waals surface area contributed by atoms with Crippen molar-refractivity contribution < 1.29 is 38.1 Å². The number of hydrogen-bond acceptors (Lipinski definition) is 9. The smallest absolute Gasteiger partial charge is 0.303 e. The third-order valence-electron chi connectivity index (χ3n) is 3.15. The Morgan fingerprint density at radius 3 is 1.96 bits per heavy atom. The lowest BCUT2D eigenvalue weighted by atomic mass is 10.00. The Balaban J connectivity index is 3.06. The average molecular weight is 362 g/mol. The highest BCUT2D eigenvalue weighted by molar-refractivity contribution is 7.99.